The molecule has 1 unspecified atom stereocenters. The number of hydrogen-bond donors (Lipinski definition) is 1. The molecule has 0 saturated heterocycles. The molecule has 0 heterocycles. The SMILES string of the molecule is CC(=O)SC(CCC(=O)O)c1ccc(-c2ccccc2)c(Cl)c1. The molecule has 2 aromatic rings. The Labute approximate surface area is 144 Å². The molecule has 0 aliphatic heterocycles. The van der Waals surface area contributed by atoms with E-state index in [9.17, 15) is 9.59 Å². The van der Waals surface area contributed by atoms with Crippen LogP contribution in [0.2, 0.25) is 5.02 Å². The molecule has 23 heavy (non-hydrogen) atoms. The number of carbonyl (C=O) groups is 2. The highest BCUT2D eigenvalue weighted by molar-refractivity contribution is 8.13. The molecule has 120 valence electrons. The predicted octanol–water partition coefficient (Wildman–Crippen LogP) is 5.19. The standard InChI is InChI=1S/C18H17ClO3S/c1-12(20)23-17(9-10-18(21)22)14-7-8-15(16(19)11-14)13-5-3-2-4-6-13/h2-8,11,17H,9-10H2,1H3,(H,21,22). The van der Waals surface area contributed by atoms with Crippen molar-refractivity contribution < 1.29 is 14.7 Å². The normalized spacial score (nSPS) is 11.9. The summed E-state index contributed by atoms with van der Waals surface area (Å²) in [6, 6.07) is 15.4. The zero-order valence-electron chi connectivity index (χ0n) is 12.7. The highest BCUT2D eigenvalue weighted by Gasteiger charge is 2.17. The van der Waals surface area contributed by atoms with E-state index in [4.69, 9.17) is 16.7 Å². The predicted molar refractivity (Wildman–Crippen MR) is 94.8 cm³/mol. The third-order valence-corrected chi connectivity index (χ3v) is 4.82. The molecule has 0 aliphatic carbocycles. The lowest BCUT2D eigenvalue weighted by Gasteiger charge is -2.16. The number of carboxylic acid groups (broad SMARTS) is 1. The number of halogens is 1. The molecule has 0 radical (unpaired) electrons. The van der Waals surface area contributed by atoms with Gasteiger partial charge in [-0.3, -0.25) is 9.59 Å². The molecule has 0 aliphatic rings. The summed E-state index contributed by atoms with van der Waals surface area (Å²) in [6.45, 7) is 1.48. The van der Waals surface area contributed by atoms with Crippen molar-refractivity contribution in [1.82, 2.24) is 0 Å². The van der Waals surface area contributed by atoms with Gasteiger partial charge in [0.1, 0.15) is 0 Å². The number of carboxylic acids is 1. The van der Waals surface area contributed by atoms with Crippen LogP contribution in [0.15, 0.2) is 48.5 Å². The minimum atomic E-state index is -0.869. The van der Waals surface area contributed by atoms with Crippen molar-refractivity contribution >= 4 is 34.4 Å². The van der Waals surface area contributed by atoms with Crippen molar-refractivity contribution in [3.8, 4) is 11.1 Å². The summed E-state index contributed by atoms with van der Waals surface area (Å²) in [5.41, 5.74) is 2.81. The summed E-state index contributed by atoms with van der Waals surface area (Å²) in [6.07, 6.45) is 0.406. The van der Waals surface area contributed by atoms with E-state index in [2.05, 4.69) is 0 Å². The zero-order chi connectivity index (χ0) is 16.8. The average Bonchev–Trinajstić information content (AvgIpc) is 2.51. The van der Waals surface area contributed by atoms with Gasteiger partial charge in [-0.25, -0.2) is 0 Å². The van der Waals surface area contributed by atoms with E-state index in [1.165, 1.54) is 6.92 Å². The number of rotatable bonds is 6. The quantitative estimate of drug-likeness (QED) is 0.780. The summed E-state index contributed by atoms with van der Waals surface area (Å²) in [7, 11) is 0. The van der Waals surface area contributed by atoms with E-state index >= 15 is 0 Å². The van der Waals surface area contributed by atoms with E-state index < -0.39 is 5.97 Å². The topological polar surface area (TPSA) is 54.4 Å². The van der Waals surface area contributed by atoms with E-state index in [1.807, 2.05) is 48.5 Å². The Bertz CT molecular complexity index is 701. The Morgan fingerprint density at radius 1 is 1.17 bits per heavy atom. The molecule has 0 amide bonds. The third kappa shape index (κ3) is 5.12. The fraction of sp³-hybridized carbons (Fsp3) is 0.222. The van der Waals surface area contributed by atoms with Crippen molar-refractivity contribution in [3.05, 3.63) is 59.1 Å². The molecule has 1 atom stereocenters. The van der Waals surface area contributed by atoms with Gasteiger partial charge in [0.25, 0.3) is 0 Å². The lowest BCUT2D eigenvalue weighted by molar-refractivity contribution is -0.137. The summed E-state index contributed by atoms with van der Waals surface area (Å²) < 4.78 is 0. The van der Waals surface area contributed by atoms with Crippen molar-refractivity contribution in [2.45, 2.75) is 25.0 Å². The fourth-order valence-electron chi connectivity index (χ4n) is 2.33. The number of thioether (sulfide) groups is 1. The molecule has 0 bridgehead atoms. The van der Waals surface area contributed by atoms with Crippen LogP contribution in [0.5, 0.6) is 0 Å². The number of carbonyl (C=O) groups excluding carboxylic acids is 1. The van der Waals surface area contributed by atoms with Gasteiger partial charge in [0, 0.05) is 29.2 Å². The summed E-state index contributed by atoms with van der Waals surface area (Å²) >= 11 is 7.54. The minimum Gasteiger partial charge on any atom is -0.481 e. The first-order chi connectivity index (χ1) is 11.0. The van der Waals surface area contributed by atoms with Gasteiger partial charge < -0.3 is 5.11 Å². The van der Waals surface area contributed by atoms with Crippen molar-refractivity contribution in [1.29, 1.82) is 0 Å². The van der Waals surface area contributed by atoms with Gasteiger partial charge >= 0.3 is 5.97 Å². The molecule has 0 aromatic heterocycles. The van der Waals surface area contributed by atoms with Gasteiger partial charge in [-0.05, 0) is 23.6 Å². The molecular weight excluding hydrogens is 332 g/mol. The van der Waals surface area contributed by atoms with Crippen LogP contribution in [-0.4, -0.2) is 16.2 Å². The summed E-state index contributed by atoms with van der Waals surface area (Å²) in [5.74, 6) is -0.869. The maximum absolute atomic E-state index is 11.4. The first-order valence-corrected chi connectivity index (χ1v) is 8.47. The fourth-order valence-corrected chi connectivity index (χ4v) is 3.55. The minimum absolute atomic E-state index is 0.0169. The molecule has 0 saturated carbocycles. The molecule has 2 rings (SSSR count). The van der Waals surface area contributed by atoms with E-state index in [-0.39, 0.29) is 16.8 Å². The van der Waals surface area contributed by atoms with Gasteiger partial charge in [0.05, 0.1) is 0 Å². The molecule has 5 heteroatoms. The van der Waals surface area contributed by atoms with Gasteiger partial charge in [-0.15, -0.1) is 0 Å². The number of benzene rings is 2. The van der Waals surface area contributed by atoms with Crippen LogP contribution in [0.3, 0.4) is 0 Å². The molecule has 2 aromatic carbocycles. The smallest absolute Gasteiger partial charge is 0.303 e. The Kier molecular flexibility index (Phi) is 6.25. The lowest BCUT2D eigenvalue weighted by atomic mass is 10.0. The molecule has 3 nitrogen and oxygen atoms in total. The second kappa shape index (κ2) is 8.18. The average molecular weight is 349 g/mol. The van der Waals surface area contributed by atoms with Crippen LogP contribution in [0.25, 0.3) is 11.1 Å². The third-order valence-electron chi connectivity index (χ3n) is 3.38. The Hall–Kier alpha value is -1.78. The highest BCUT2D eigenvalue weighted by Crippen LogP contribution is 2.37. The summed E-state index contributed by atoms with van der Waals surface area (Å²) in [4.78, 5) is 22.2. The van der Waals surface area contributed by atoms with Gasteiger partial charge in [-0.1, -0.05) is 65.8 Å². The molecule has 1 N–H and O–H groups in total. The Morgan fingerprint density at radius 3 is 2.43 bits per heavy atom. The molecule has 0 fully saturated rings. The van der Waals surface area contributed by atoms with E-state index in [0.717, 1.165) is 28.5 Å². The van der Waals surface area contributed by atoms with Crippen LogP contribution in [0.1, 0.15) is 30.6 Å². The van der Waals surface area contributed by atoms with Crippen LogP contribution in [-0.2, 0) is 9.59 Å². The molecular formula is C18H17ClO3S. The van der Waals surface area contributed by atoms with Gasteiger partial charge in [-0.2, -0.15) is 0 Å². The first-order valence-electron chi connectivity index (χ1n) is 7.21. The van der Waals surface area contributed by atoms with Crippen molar-refractivity contribution in [3.63, 3.8) is 0 Å². The maximum atomic E-state index is 11.4. The van der Waals surface area contributed by atoms with Crippen LogP contribution in [0.4, 0.5) is 0 Å². The lowest BCUT2D eigenvalue weighted by Crippen LogP contribution is -2.02. The Balaban J connectivity index is 2.28. The van der Waals surface area contributed by atoms with Crippen molar-refractivity contribution in [2.75, 3.05) is 0 Å². The van der Waals surface area contributed by atoms with Crippen LogP contribution >= 0.6 is 23.4 Å². The highest BCUT2D eigenvalue weighted by atomic mass is 35.5. The zero-order valence-corrected chi connectivity index (χ0v) is 14.2. The first kappa shape index (κ1) is 17.6. The van der Waals surface area contributed by atoms with Gasteiger partial charge in [0.2, 0.25) is 0 Å². The maximum Gasteiger partial charge on any atom is 0.303 e. The van der Waals surface area contributed by atoms with Crippen LogP contribution < -0.4 is 0 Å². The Morgan fingerprint density at radius 2 is 1.87 bits per heavy atom. The monoisotopic (exact) mass is 348 g/mol. The summed E-state index contributed by atoms with van der Waals surface area (Å²) in [5, 5.41) is 9.22. The van der Waals surface area contributed by atoms with E-state index in [0.29, 0.717) is 11.4 Å². The second-order valence-corrected chi connectivity index (χ2v) is 6.92. The number of aliphatic carboxylic acids is 1. The largest absolute Gasteiger partial charge is 0.481 e. The number of hydrogen-bond acceptors (Lipinski definition) is 3. The molecule has 0 spiro atoms. The van der Waals surface area contributed by atoms with Gasteiger partial charge in [0.15, 0.2) is 5.12 Å². The van der Waals surface area contributed by atoms with E-state index in [1.54, 1.807) is 0 Å². The van der Waals surface area contributed by atoms with Crippen LogP contribution in [0, 0.1) is 0 Å². The van der Waals surface area contributed by atoms with Crippen molar-refractivity contribution in [2.24, 2.45) is 0 Å². The second-order valence-electron chi connectivity index (χ2n) is 5.14.